The lowest BCUT2D eigenvalue weighted by molar-refractivity contribution is 0.0745. The molecule has 0 N–H and O–H groups in total. The molecule has 1 aromatic carbocycles. The number of hydrogen-bond donors (Lipinski definition) is 0. The number of nitrogens with zero attached hydrogens (tertiary/aromatic N) is 2. The van der Waals surface area contributed by atoms with Gasteiger partial charge in [0.2, 0.25) is 0 Å². The lowest BCUT2D eigenvalue weighted by atomic mass is 9.97. The molecule has 1 fully saturated rings. The van der Waals surface area contributed by atoms with Crippen LogP contribution in [0.25, 0.3) is 0 Å². The van der Waals surface area contributed by atoms with Gasteiger partial charge >= 0.3 is 0 Å². The zero-order valence-electron chi connectivity index (χ0n) is 11.6. The maximum Gasteiger partial charge on any atom is 0.255 e. The van der Waals surface area contributed by atoms with Crippen molar-refractivity contribution in [2.24, 2.45) is 0 Å². The number of carbonyl (C=O) groups excluding carboxylic acids is 1. The second kappa shape index (κ2) is 5.45. The average Bonchev–Trinajstić information content (AvgIpc) is 2.90. The standard InChI is InChI=1S/C17H18N2O/c1-13-10-16(14-6-3-2-4-7-14)12-19(13)17(20)15-8-5-9-18-11-15/h2-9,11,13,16H,10,12H2,1H3. The van der Waals surface area contributed by atoms with Crippen molar-refractivity contribution in [2.75, 3.05) is 6.54 Å². The van der Waals surface area contributed by atoms with Gasteiger partial charge in [-0.05, 0) is 31.0 Å². The molecule has 2 unspecified atom stereocenters. The van der Waals surface area contributed by atoms with E-state index in [0.29, 0.717) is 11.5 Å². The molecule has 2 aromatic rings. The third-order valence-electron chi connectivity index (χ3n) is 4.02. The van der Waals surface area contributed by atoms with E-state index in [1.807, 2.05) is 23.1 Å². The molecule has 3 rings (SSSR count). The van der Waals surface area contributed by atoms with Crippen molar-refractivity contribution in [1.82, 2.24) is 9.88 Å². The Morgan fingerprint density at radius 3 is 2.70 bits per heavy atom. The van der Waals surface area contributed by atoms with Crippen LogP contribution in [0.2, 0.25) is 0 Å². The average molecular weight is 266 g/mol. The minimum Gasteiger partial charge on any atom is -0.335 e. The molecule has 0 saturated carbocycles. The zero-order valence-corrected chi connectivity index (χ0v) is 11.6. The van der Waals surface area contributed by atoms with Gasteiger partial charge in [0.05, 0.1) is 5.56 Å². The normalized spacial score (nSPS) is 21.9. The topological polar surface area (TPSA) is 33.2 Å². The van der Waals surface area contributed by atoms with Gasteiger partial charge in [-0.2, -0.15) is 0 Å². The fourth-order valence-electron chi connectivity index (χ4n) is 2.94. The van der Waals surface area contributed by atoms with Gasteiger partial charge in [0, 0.05) is 30.9 Å². The highest BCUT2D eigenvalue weighted by atomic mass is 16.2. The number of carbonyl (C=O) groups is 1. The third kappa shape index (κ3) is 2.44. The van der Waals surface area contributed by atoms with Crippen molar-refractivity contribution in [3.63, 3.8) is 0 Å². The van der Waals surface area contributed by atoms with Gasteiger partial charge < -0.3 is 4.90 Å². The van der Waals surface area contributed by atoms with Gasteiger partial charge in [-0.1, -0.05) is 30.3 Å². The molecule has 3 heteroatoms. The van der Waals surface area contributed by atoms with Gasteiger partial charge in [-0.3, -0.25) is 9.78 Å². The van der Waals surface area contributed by atoms with Crippen LogP contribution in [0.15, 0.2) is 54.9 Å². The molecule has 1 amide bonds. The van der Waals surface area contributed by atoms with E-state index in [2.05, 4.69) is 36.2 Å². The van der Waals surface area contributed by atoms with Crippen LogP contribution in [0, 0.1) is 0 Å². The largest absolute Gasteiger partial charge is 0.335 e. The highest BCUT2D eigenvalue weighted by Crippen LogP contribution is 2.32. The quantitative estimate of drug-likeness (QED) is 0.837. The van der Waals surface area contributed by atoms with E-state index in [1.165, 1.54) is 5.56 Å². The second-order valence-electron chi connectivity index (χ2n) is 5.39. The van der Waals surface area contributed by atoms with E-state index < -0.39 is 0 Å². The number of amides is 1. The number of likely N-dealkylation sites (tertiary alicyclic amines) is 1. The fourth-order valence-corrected chi connectivity index (χ4v) is 2.94. The predicted molar refractivity (Wildman–Crippen MR) is 78.5 cm³/mol. The first-order chi connectivity index (χ1) is 9.75. The Bertz CT molecular complexity index is 582. The van der Waals surface area contributed by atoms with Crippen LogP contribution >= 0.6 is 0 Å². The van der Waals surface area contributed by atoms with Crippen LogP contribution < -0.4 is 0 Å². The number of benzene rings is 1. The molecular weight excluding hydrogens is 248 g/mol. The maximum atomic E-state index is 12.5. The Morgan fingerprint density at radius 2 is 2.00 bits per heavy atom. The first kappa shape index (κ1) is 12.9. The second-order valence-corrected chi connectivity index (χ2v) is 5.39. The van der Waals surface area contributed by atoms with Crippen molar-refractivity contribution < 1.29 is 4.79 Å². The summed E-state index contributed by atoms with van der Waals surface area (Å²) in [6, 6.07) is 14.4. The van der Waals surface area contributed by atoms with E-state index in [0.717, 1.165) is 13.0 Å². The summed E-state index contributed by atoms with van der Waals surface area (Å²) < 4.78 is 0. The van der Waals surface area contributed by atoms with Crippen molar-refractivity contribution in [2.45, 2.75) is 25.3 Å². The van der Waals surface area contributed by atoms with Crippen molar-refractivity contribution in [1.29, 1.82) is 0 Å². The van der Waals surface area contributed by atoms with Gasteiger partial charge in [0.15, 0.2) is 0 Å². The number of pyridine rings is 1. The minimum absolute atomic E-state index is 0.0871. The van der Waals surface area contributed by atoms with Crippen LogP contribution in [0.4, 0.5) is 0 Å². The van der Waals surface area contributed by atoms with Crippen molar-refractivity contribution in [3.8, 4) is 0 Å². The molecule has 2 heterocycles. The lowest BCUT2D eigenvalue weighted by Crippen LogP contribution is -2.33. The molecule has 0 radical (unpaired) electrons. The Balaban J connectivity index is 1.78. The monoisotopic (exact) mass is 266 g/mol. The number of rotatable bonds is 2. The smallest absolute Gasteiger partial charge is 0.255 e. The highest BCUT2D eigenvalue weighted by Gasteiger charge is 2.33. The summed E-state index contributed by atoms with van der Waals surface area (Å²) in [5.74, 6) is 0.524. The van der Waals surface area contributed by atoms with Crippen LogP contribution in [0.3, 0.4) is 0 Å². The van der Waals surface area contributed by atoms with Gasteiger partial charge in [0.25, 0.3) is 5.91 Å². The first-order valence-electron chi connectivity index (χ1n) is 7.01. The van der Waals surface area contributed by atoms with E-state index >= 15 is 0 Å². The number of hydrogen-bond acceptors (Lipinski definition) is 2. The summed E-state index contributed by atoms with van der Waals surface area (Å²) in [4.78, 5) is 18.5. The molecule has 1 aromatic heterocycles. The van der Waals surface area contributed by atoms with E-state index in [9.17, 15) is 4.79 Å². The summed E-state index contributed by atoms with van der Waals surface area (Å²) in [5, 5.41) is 0. The molecule has 0 spiro atoms. The van der Waals surface area contributed by atoms with Gasteiger partial charge in [-0.25, -0.2) is 0 Å². The zero-order chi connectivity index (χ0) is 13.9. The maximum absolute atomic E-state index is 12.5. The highest BCUT2D eigenvalue weighted by molar-refractivity contribution is 5.94. The molecule has 1 aliphatic heterocycles. The predicted octanol–water partition coefficient (Wildman–Crippen LogP) is 3.10. The lowest BCUT2D eigenvalue weighted by Gasteiger charge is -2.21. The SMILES string of the molecule is CC1CC(c2ccccc2)CN1C(=O)c1cccnc1. The third-order valence-corrected chi connectivity index (χ3v) is 4.02. The minimum atomic E-state index is 0.0871. The van der Waals surface area contributed by atoms with Crippen LogP contribution in [0.1, 0.15) is 35.2 Å². The number of aromatic nitrogens is 1. The summed E-state index contributed by atoms with van der Waals surface area (Å²) in [6.45, 7) is 2.91. The molecule has 2 atom stereocenters. The summed E-state index contributed by atoms with van der Waals surface area (Å²) in [6.07, 6.45) is 4.36. The Hall–Kier alpha value is -2.16. The molecule has 1 saturated heterocycles. The van der Waals surface area contributed by atoms with E-state index in [4.69, 9.17) is 0 Å². The molecule has 0 bridgehead atoms. The molecule has 102 valence electrons. The first-order valence-corrected chi connectivity index (χ1v) is 7.01. The summed E-state index contributed by atoms with van der Waals surface area (Å²) in [5.41, 5.74) is 1.99. The van der Waals surface area contributed by atoms with E-state index in [1.54, 1.807) is 12.4 Å². The van der Waals surface area contributed by atoms with Crippen molar-refractivity contribution >= 4 is 5.91 Å². The van der Waals surface area contributed by atoms with Crippen LogP contribution in [0.5, 0.6) is 0 Å². The van der Waals surface area contributed by atoms with Crippen molar-refractivity contribution in [3.05, 3.63) is 66.0 Å². The Kier molecular flexibility index (Phi) is 3.50. The Labute approximate surface area is 119 Å². The van der Waals surface area contributed by atoms with Crippen LogP contribution in [-0.4, -0.2) is 28.4 Å². The van der Waals surface area contributed by atoms with Gasteiger partial charge in [-0.15, -0.1) is 0 Å². The van der Waals surface area contributed by atoms with Crippen LogP contribution in [-0.2, 0) is 0 Å². The molecule has 20 heavy (non-hydrogen) atoms. The fraction of sp³-hybridized carbons (Fsp3) is 0.294. The van der Waals surface area contributed by atoms with Gasteiger partial charge in [0.1, 0.15) is 0 Å². The van der Waals surface area contributed by atoms with E-state index in [-0.39, 0.29) is 11.9 Å². The Morgan fingerprint density at radius 1 is 1.20 bits per heavy atom. The molecular formula is C17H18N2O. The summed E-state index contributed by atoms with van der Waals surface area (Å²) in [7, 11) is 0. The molecule has 0 aliphatic carbocycles. The molecule has 1 aliphatic rings. The summed E-state index contributed by atoms with van der Waals surface area (Å²) >= 11 is 0. The molecule has 3 nitrogen and oxygen atoms in total.